The quantitative estimate of drug-likeness (QED) is 0.268. The number of pyridine rings is 1. The number of unbranched alkanes of at least 4 members (excludes halogenated alkanes) is 3. The summed E-state index contributed by atoms with van der Waals surface area (Å²) in [5.74, 6) is 2.70. The molecular formula is C22H28Cl2N4S. The van der Waals surface area contributed by atoms with Crippen molar-refractivity contribution >= 4 is 51.8 Å². The Morgan fingerprint density at radius 2 is 1.97 bits per heavy atom. The van der Waals surface area contributed by atoms with E-state index in [1.807, 2.05) is 18.3 Å². The molecule has 0 aliphatic heterocycles. The monoisotopic (exact) mass is 450 g/mol. The van der Waals surface area contributed by atoms with Crippen molar-refractivity contribution < 1.29 is 0 Å². The van der Waals surface area contributed by atoms with Crippen molar-refractivity contribution in [2.45, 2.75) is 63.8 Å². The van der Waals surface area contributed by atoms with Crippen molar-refractivity contribution in [3.8, 4) is 0 Å². The zero-order chi connectivity index (χ0) is 20.8. The number of aromatic nitrogens is 3. The number of benzene rings is 1. The molecule has 2 aromatic heterocycles. The highest BCUT2D eigenvalue weighted by molar-refractivity contribution is 7.99. The molecule has 0 amide bonds. The Kier molecular flexibility index (Phi) is 8.10. The van der Waals surface area contributed by atoms with Crippen LogP contribution in [0.25, 0.3) is 11.0 Å². The topological polar surface area (TPSA) is 56.7 Å². The maximum atomic E-state index is 6.25. The number of nitrogens with two attached hydrogens (primary N) is 1. The van der Waals surface area contributed by atoms with Crippen LogP contribution in [-0.2, 0) is 13.0 Å². The predicted molar refractivity (Wildman–Crippen MR) is 126 cm³/mol. The number of hydrogen-bond acceptors (Lipinski definition) is 4. The smallest absolute Gasteiger partial charge is 0.151 e. The number of hydrogen-bond donors (Lipinski definition) is 1. The fraction of sp³-hybridized carbons (Fsp3) is 0.455. The van der Waals surface area contributed by atoms with E-state index in [0.29, 0.717) is 10.8 Å². The van der Waals surface area contributed by atoms with Gasteiger partial charge in [-0.3, -0.25) is 0 Å². The standard InChI is InChI=1S/C22H28Cl2N4S/c1-3-4-8-19-27-20-21(15(2)14-26-22(20)25)28(19)11-6-5-7-12-29-18-10-9-16(23)13-17(18)24/h9-10,13-14H,3-8,11-12H2,1-2H3,(H2,25,26). The van der Waals surface area contributed by atoms with Crippen LogP contribution >= 0.6 is 35.0 Å². The summed E-state index contributed by atoms with van der Waals surface area (Å²) in [6, 6.07) is 5.69. The molecule has 2 heterocycles. The zero-order valence-electron chi connectivity index (χ0n) is 17.0. The lowest BCUT2D eigenvalue weighted by Gasteiger charge is -2.11. The average molecular weight is 451 g/mol. The van der Waals surface area contributed by atoms with Crippen molar-refractivity contribution in [1.29, 1.82) is 0 Å². The molecule has 0 radical (unpaired) electrons. The van der Waals surface area contributed by atoms with Crippen molar-refractivity contribution in [1.82, 2.24) is 14.5 Å². The van der Waals surface area contributed by atoms with Gasteiger partial charge in [0, 0.05) is 29.1 Å². The van der Waals surface area contributed by atoms with Gasteiger partial charge in [0.25, 0.3) is 0 Å². The number of nitrogens with zero attached hydrogens (tertiary/aromatic N) is 3. The Morgan fingerprint density at radius 1 is 1.14 bits per heavy atom. The first kappa shape index (κ1) is 22.3. The number of anilines is 1. The number of imidazole rings is 1. The number of fused-ring (bicyclic) bond motifs is 1. The van der Waals surface area contributed by atoms with Crippen LogP contribution in [-0.4, -0.2) is 20.3 Å². The maximum Gasteiger partial charge on any atom is 0.151 e. The number of halogens is 2. The van der Waals surface area contributed by atoms with E-state index in [2.05, 4.69) is 23.4 Å². The van der Waals surface area contributed by atoms with Crippen LogP contribution in [0.4, 0.5) is 5.82 Å². The van der Waals surface area contributed by atoms with E-state index in [9.17, 15) is 0 Å². The molecule has 0 unspecified atom stereocenters. The van der Waals surface area contributed by atoms with Gasteiger partial charge in [-0.2, -0.15) is 0 Å². The Labute approximate surface area is 187 Å². The Bertz CT molecular complexity index is 971. The van der Waals surface area contributed by atoms with E-state index in [1.54, 1.807) is 17.8 Å². The molecular weight excluding hydrogens is 423 g/mol. The summed E-state index contributed by atoms with van der Waals surface area (Å²) in [5.41, 5.74) is 9.23. The molecule has 7 heteroatoms. The lowest BCUT2D eigenvalue weighted by molar-refractivity contribution is 0.584. The first-order valence-electron chi connectivity index (χ1n) is 10.2. The van der Waals surface area contributed by atoms with Crippen LogP contribution < -0.4 is 5.73 Å². The molecule has 3 aromatic rings. The van der Waals surface area contributed by atoms with Crippen LogP contribution in [0, 0.1) is 6.92 Å². The van der Waals surface area contributed by atoms with Crippen LogP contribution in [0.1, 0.15) is 50.4 Å². The second-order valence-corrected chi connectivity index (χ2v) is 9.27. The van der Waals surface area contributed by atoms with E-state index in [-0.39, 0.29) is 0 Å². The van der Waals surface area contributed by atoms with Gasteiger partial charge in [-0.25, -0.2) is 9.97 Å². The molecule has 156 valence electrons. The summed E-state index contributed by atoms with van der Waals surface area (Å²) in [6.07, 6.45) is 8.53. The van der Waals surface area contributed by atoms with Gasteiger partial charge in [0.2, 0.25) is 0 Å². The Morgan fingerprint density at radius 3 is 2.72 bits per heavy atom. The molecule has 29 heavy (non-hydrogen) atoms. The molecule has 0 aliphatic rings. The molecule has 0 spiro atoms. The zero-order valence-corrected chi connectivity index (χ0v) is 19.4. The second kappa shape index (κ2) is 10.6. The average Bonchev–Trinajstić information content (AvgIpc) is 3.07. The van der Waals surface area contributed by atoms with E-state index >= 15 is 0 Å². The first-order valence-corrected chi connectivity index (χ1v) is 11.9. The van der Waals surface area contributed by atoms with Crippen LogP contribution in [0.15, 0.2) is 29.3 Å². The van der Waals surface area contributed by atoms with Gasteiger partial charge in [-0.05, 0) is 55.7 Å². The van der Waals surface area contributed by atoms with Crippen molar-refractivity contribution in [3.63, 3.8) is 0 Å². The van der Waals surface area contributed by atoms with E-state index in [1.165, 1.54) is 0 Å². The normalized spacial score (nSPS) is 11.4. The van der Waals surface area contributed by atoms with E-state index in [0.717, 1.165) is 83.2 Å². The van der Waals surface area contributed by atoms with Crippen LogP contribution in [0.2, 0.25) is 10.0 Å². The minimum atomic E-state index is 0.526. The summed E-state index contributed by atoms with van der Waals surface area (Å²) in [6.45, 7) is 5.26. The largest absolute Gasteiger partial charge is 0.382 e. The van der Waals surface area contributed by atoms with Crippen molar-refractivity contribution in [2.24, 2.45) is 0 Å². The SMILES string of the molecule is CCCCc1nc2c(N)ncc(C)c2n1CCCCCSc1ccc(Cl)cc1Cl. The van der Waals surface area contributed by atoms with Gasteiger partial charge >= 0.3 is 0 Å². The summed E-state index contributed by atoms with van der Waals surface area (Å²) in [4.78, 5) is 10.2. The molecule has 1 aromatic carbocycles. The maximum absolute atomic E-state index is 6.25. The van der Waals surface area contributed by atoms with Crippen LogP contribution in [0.5, 0.6) is 0 Å². The third-order valence-corrected chi connectivity index (χ3v) is 6.81. The molecule has 0 aliphatic carbocycles. The van der Waals surface area contributed by atoms with Crippen LogP contribution in [0.3, 0.4) is 0 Å². The van der Waals surface area contributed by atoms with Gasteiger partial charge < -0.3 is 10.3 Å². The Hall–Kier alpha value is -1.43. The predicted octanol–water partition coefficient (Wildman–Crippen LogP) is 6.93. The molecule has 2 N–H and O–H groups in total. The highest BCUT2D eigenvalue weighted by atomic mass is 35.5. The van der Waals surface area contributed by atoms with E-state index in [4.69, 9.17) is 33.9 Å². The minimum Gasteiger partial charge on any atom is -0.382 e. The summed E-state index contributed by atoms with van der Waals surface area (Å²) >= 11 is 14.0. The van der Waals surface area contributed by atoms with Gasteiger partial charge in [0.15, 0.2) is 5.82 Å². The number of nitrogen functional groups attached to an aromatic ring is 1. The van der Waals surface area contributed by atoms with Crippen molar-refractivity contribution in [2.75, 3.05) is 11.5 Å². The van der Waals surface area contributed by atoms with Crippen molar-refractivity contribution in [3.05, 3.63) is 45.8 Å². The lowest BCUT2D eigenvalue weighted by atomic mass is 10.2. The second-order valence-electron chi connectivity index (χ2n) is 7.29. The summed E-state index contributed by atoms with van der Waals surface area (Å²) in [7, 11) is 0. The summed E-state index contributed by atoms with van der Waals surface area (Å²) < 4.78 is 2.36. The Balaban J connectivity index is 1.59. The first-order chi connectivity index (χ1) is 14.0. The van der Waals surface area contributed by atoms with Gasteiger partial charge in [0.1, 0.15) is 11.3 Å². The molecule has 3 rings (SSSR count). The number of rotatable bonds is 10. The third kappa shape index (κ3) is 5.59. The molecule has 0 saturated carbocycles. The fourth-order valence-corrected chi connectivity index (χ4v) is 4.96. The van der Waals surface area contributed by atoms with Gasteiger partial charge in [-0.15, -0.1) is 11.8 Å². The van der Waals surface area contributed by atoms with Gasteiger partial charge in [-0.1, -0.05) is 43.0 Å². The molecule has 4 nitrogen and oxygen atoms in total. The summed E-state index contributed by atoms with van der Waals surface area (Å²) in [5, 5.41) is 1.41. The highest BCUT2D eigenvalue weighted by Gasteiger charge is 2.15. The highest BCUT2D eigenvalue weighted by Crippen LogP contribution is 2.30. The molecule has 0 atom stereocenters. The minimum absolute atomic E-state index is 0.526. The molecule has 0 saturated heterocycles. The number of thioether (sulfide) groups is 1. The molecule has 0 bridgehead atoms. The fourth-order valence-electron chi connectivity index (χ4n) is 3.46. The third-order valence-electron chi connectivity index (χ3n) is 4.99. The lowest BCUT2D eigenvalue weighted by Crippen LogP contribution is -2.05. The number of aryl methyl sites for hydroxylation is 3. The van der Waals surface area contributed by atoms with E-state index < -0.39 is 0 Å². The van der Waals surface area contributed by atoms with Gasteiger partial charge in [0.05, 0.1) is 10.5 Å². The molecule has 0 fully saturated rings.